The predicted octanol–water partition coefficient (Wildman–Crippen LogP) is 2.55. The molecule has 0 bridgehead atoms. The minimum Gasteiger partial charge on any atom is -0.388 e. The molecule has 1 aromatic carbocycles. The number of rotatable bonds is 2. The summed E-state index contributed by atoms with van der Waals surface area (Å²) in [5.41, 5.74) is 2.15. The Balaban J connectivity index is 2.25. The van der Waals surface area contributed by atoms with Crippen molar-refractivity contribution in [3.63, 3.8) is 0 Å². The van der Waals surface area contributed by atoms with E-state index in [2.05, 4.69) is 5.32 Å². The summed E-state index contributed by atoms with van der Waals surface area (Å²) in [6.07, 6.45) is 2.52. The molecule has 0 heterocycles. The summed E-state index contributed by atoms with van der Waals surface area (Å²) in [6.45, 7) is 0.961. The number of aliphatic hydroxyl groups is 1. The third-order valence-corrected chi connectivity index (χ3v) is 3.72. The van der Waals surface area contributed by atoms with E-state index in [1.165, 1.54) is 0 Å². The molecule has 2 atom stereocenters. The second-order valence-electron chi connectivity index (χ2n) is 4.52. The fourth-order valence-electron chi connectivity index (χ4n) is 2.53. The third kappa shape index (κ3) is 2.40. The van der Waals surface area contributed by atoms with Gasteiger partial charge in [0, 0.05) is 5.02 Å². The summed E-state index contributed by atoms with van der Waals surface area (Å²) >= 11 is 6.18. The lowest BCUT2D eigenvalue weighted by Crippen LogP contribution is -2.20. The summed E-state index contributed by atoms with van der Waals surface area (Å²) < 4.78 is 0. The lowest BCUT2D eigenvalue weighted by molar-refractivity contribution is 0.146. The fraction of sp³-hybridized carbons (Fsp3) is 0.538. The Labute approximate surface area is 102 Å². The lowest BCUT2D eigenvalue weighted by atomic mass is 9.98. The van der Waals surface area contributed by atoms with Crippen molar-refractivity contribution in [3.05, 3.63) is 34.3 Å². The van der Waals surface area contributed by atoms with E-state index in [1.54, 1.807) is 0 Å². The second kappa shape index (κ2) is 5.17. The van der Waals surface area contributed by atoms with Crippen molar-refractivity contribution in [1.29, 1.82) is 0 Å². The lowest BCUT2D eigenvalue weighted by Gasteiger charge is -2.16. The average molecular weight is 240 g/mol. The Morgan fingerprint density at radius 2 is 2.31 bits per heavy atom. The van der Waals surface area contributed by atoms with Gasteiger partial charge in [-0.05, 0) is 56.0 Å². The van der Waals surface area contributed by atoms with Crippen molar-refractivity contribution in [2.75, 3.05) is 13.6 Å². The highest BCUT2D eigenvalue weighted by Crippen LogP contribution is 2.34. The van der Waals surface area contributed by atoms with Gasteiger partial charge in [0.15, 0.2) is 0 Å². The van der Waals surface area contributed by atoms with Gasteiger partial charge in [0.25, 0.3) is 0 Å². The monoisotopic (exact) mass is 239 g/mol. The molecule has 0 spiro atoms. The first kappa shape index (κ1) is 11.9. The van der Waals surface area contributed by atoms with E-state index in [0.717, 1.165) is 42.0 Å². The highest BCUT2D eigenvalue weighted by Gasteiger charge is 2.23. The van der Waals surface area contributed by atoms with Gasteiger partial charge in [-0.1, -0.05) is 23.7 Å². The fourth-order valence-corrected chi connectivity index (χ4v) is 2.81. The SMILES string of the molecule is CNCC1CCc2c(Cl)cccc2C(O)C1. The number of benzene rings is 1. The molecule has 0 saturated heterocycles. The van der Waals surface area contributed by atoms with Crippen LogP contribution in [0.4, 0.5) is 0 Å². The van der Waals surface area contributed by atoms with Crippen LogP contribution in [-0.4, -0.2) is 18.7 Å². The molecule has 0 aromatic heterocycles. The maximum absolute atomic E-state index is 10.2. The van der Waals surface area contributed by atoms with Crippen LogP contribution in [0, 0.1) is 5.92 Å². The number of halogens is 1. The normalized spacial score (nSPS) is 24.9. The Hall–Kier alpha value is -0.570. The first-order chi connectivity index (χ1) is 7.72. The molecule has 0 radical (unpaired) electrons. The van der Waals surface area contributed by atoms with Gasteiger partial charge in [0.2, 0.25) is 0 Å². The van der Waals surface area contributed by atoms with Gasteiger partial charge >= 0.3 is 0 Å². The van der Waals surface area contributed by atoms with E-state index in [1.807, 2.05) is 25.2 Å². The van der Waals surface area contributed by atoms with E-state index in [-0.39, 0.29) is 6.10 Å². The smallest absolute Gasteiger partial charge is 0.0796 e. The highest BCUT2D eigenvalue weighted by molar-refractivity contribution is 6.31. The standard InChI is InChI=1S/C13H18ClNO/c1-15-8-9-5-6-10-11(13(16)7-9)3-2-4-12(10)14/h2-4,9,13,15-16H,5-8H2,1H3. The van der Waals surface area contributed by atoms with E-state index in [0.29, 0.717) is 5.92 Å². The molecule has 2 nitrogen and oxygen atoms in total. The minimum absolute atomic E-state index is 0.366. The van der Waals surface area contributed by atoms with Gasteiger partial charge in [-0.25, -0.2) is 0 Å². The number of aliphatic hydroxyl groups excluding tert-OH is 1. The molecule has 1 aliphatic carbocycles. The van der Waals surface area contributed by atoms with Crippen LogP contribution in [0.3, 0.4) is 0 Å². The second-order valence-corrected chi connectivity index (χ2v) is 4.93. The minimum atomic E-state index is -0.366. The van der Waals surface area contributed by atoms with Crippen molar-refractivity contribution >= 4 is 11.6 Å². The maximum atomic E-state index is 10.2. The van der Waals surface area contributed by atoms with Crippen LogP contribution in [-0.2, 0) is 6.42 Å². The molecule has 0 saturated carbocycles. The molecule has 3 heteroatoms. The van der Waals surface area contributed by atoms with Gasteiger partial charge < -0.3 is 10.4 Å². The van der Waals surface area contributed by atoms with E-state index in [4.69, 9.17) is 11.6 Å². The molecule has 0 fully saturated rings. The van der Waals surface area contributed by atoms with Crippen LogP contribution in [0.5, 0.6) is 0 Å². The molecule has 16 heavy (non-hydrogen) atoms. The maximum Gasteiger partial charge on any atom is 0.0796 e. The summed E-state index contributed by atoms with van der Waals surface area (Å²) in [6, 6.07) is 5.82. The third-order valence-electron chi connectivity index (χ3n) is 3.37. The number of hydrogen-bond acceptors (Lipinski definition) is 2. The molecule has 88 valence electrons. The topological polar surface area (TPSA) is 32.3 Å². The zero-order valence-corrected chi connectivity index (χ0v) is 10.3. The first-order valence-corrected chi connectivity index (χ1v) is 6.20. The number of nitrogens with one attached hydrogen (secondary N) is 1. The van der Waals surface area contributed by atoms with Crippen molar-refractivity contribution in [2.45, 2.75) is 25.4 Å². The van der Waals surface area contributed by atoms with Gasteiger partial charge in [-0.2, -0.15) is 0 Å². The van der Waals surface area contributed by atoms with Crippen molar-refractivity contribution < 1.29 is 5.11 Å². The Kier molecular flexibility index (Phi) is 3.85. The largest absolute Gasteiger partial charge is 0.388 e. The molecular weight excluding hydrogens is 222 g/mol. The Bertz CT molecular complexity index is 367. The summed E-state index contributed by atoms with van der Waals surface area (Å²) in [5.74, 6) is 0.531. The van der Waals surface area contributed by atoms with Crippen molar-refractivity contribution in [3.8, 4) is 0 Å². The molecule has 2 rings (SSSR count). The van der Waals surface area contributed by atoms with Crippen LogP contribution in [0.15, 0.2) is 18.2 Å². The average Bonchev–Trinajstić information content (AvgIpc) is 2.41. The quantitative estimate of drug-likeness (QED) is 0.778. The van der Waals surface area contributed by atoms with Crippen LogP contribution in [0.2, 0.25) is 5.02 Å². The predicted molar refractivity (Wildman–Crippen MR) is 66.8 cm³/mol. The van der Waals surface area contributed by atoms with Crippen molar-refractivity contribution in [1.82, 2.24) is 5.32 Å². The first-order valence-electron chi connectivity index (χ1n) is 5.82. The molecule has 0 aliphatic heterocycles. The highest BCUT2D eigenvalue weighted by atomic mass is 35.5. The molecule has 1 aromatic rings. The number of hydrogen-bond donors (Lipinski definition) is 2. The molecule has 2 N–H and O–H groups in total. The van der Waals surface area contributed by atoms with Crippen LogP contribution >= 0.6 is 11.6 Å². The van der Waals surface area contributed by atoms with Gasteiger partial charge in [0.1, 0.15) is 0 Å². The van der Waals surface area contributed by atoms with Crippen LogP contribution in [0.25, 0.3) is 0 Å². The zero-order chi connectivity index (χ0) is 11.5. The van der Waals surface area contributed by atoms with Crippen LogP contribution in [0.1, 0.15) is 30.1 Å². The summed E-state index contributed by atoms with van der Waals surface area (Å²) in [4.78, 5) is 0. The van der Waals surface area contributed by atoms with E-state index in [9.17, 15) is 5.11 Å². The van der Waals surface area contributed by atoms with E-state index >= 15 is 0 Å². The van der Waals surface area contributed by atoms with E-state index < -0.39 is 0 Å². The Morgan fingerprint density at radius 3 is 3.06 bits per heavy atom. The summed E-state index contributed by atoms with van der Waals surface area (Å²) in [5, 5.41) is 14.2. The molecular formula is C13H18ClNO. The van der Waals surface area contributed by atoms with Gasteiger partial charge in [-0.15, -0.1) is 0 Å². The molecule has 0 amide bonds. The zero-order valence-electron chi connectivity index (χ0n) is 9.54. The number of fused-ring (bicyclic) bond motifs is 1. The summed E-state index contributed by atoms with van der Waals surface area (Å²) in [7, 11) is 1.96. The van der Waals surface area contributed by atoms with Crippen molar-refractivity contribution in [2.24, 2.45) is 5.92 Å². The van der Waals surface area contributed by atoms with Gasteiger partial charge in [0.05, 0.1) is 6.10 Å². The Morgan fingerprint density at radius 1 is 1.50 bits per heavy atom. The molecule has 2 unspecified atom stereocenters. The van der Waals surface area contributed by atoms with Crippen LogP contribution < -0.4 is 5.32 Å². The van der Waals surface area contributed by atoms with Gasteiger partial charge in [-0.3, -0.25) is 0 Å². The molecule has 1 aliphatic rings.